The lowest BCUT2D eigenvalue weighted by Crippen LogP contribution is -2.52. The van der Waals surface area contributed by atoms with E-state index in [1.54, 1.807) is 0 Å². The fourth-order valence-corrected chi connectivity index (χ4v) is 6.17. The van der Waals surface area contributed by atoms with Crippen molar-refractivity contribution in [2.24, 2.45) is 0 Å². The van der Waals surface area contributed by atoms with Gasteiger partial charge in [-0.2, -0.15) is 0 Å². The summed E-state index contributed by atoms with van der Waals surface area (Å²) < 4.78 is 0. The van der Waals surface area contributed by atoms with Gasteiger partial charge in [-0.05, 0) is 30.4 Å². The minimum atomic E-state index is -0.679. The molecule has 1 saturated carbocycles. The minimum Gasteiger partial charge on any atom is -0.385 e. The summed E-state index contributed by atoms with van der Waals surface area (Å²) in [5, 5.41) is 15.7. The average molecular weight is 473 g/mol. The molecular weight excluding hydrogens is 432 g/mol. The van der Waals surface area contributed by atoms with Crippen LogP contribution in [0.1, 0.15) is 85.3 Å². The number of hydrogen-bond acceptors (Lipinski definition) is 4. The van der Waals surface area contributed by atoms with Gasteiger partial charge >= 0.3 is 0 Å². The number of imidazole rings is 1. The first kappa shape index (κ1) is 24.2. The van der Waals surface area contributed by atoms with E-state index in [4.69, 9.17) is 4.98 Å². The van der Waals surface area contributed by atoms with E-state index in [0.717, 1.165) is 49.8 Å². The number of H-pyrrole nitrogens is 1. The molecule has 3 aromatic rings. The number of aliphatic hydroxyl groups is 1. The molecule has 1 saturated heterocycles. The predicted octanol–water partition coefficient (Wildman–Crippen LogP) is 5.16. The van der Waals surface area contributed by atoms with Crippen LogP contribution >= 0.6 is 0 Å². The Labute approximate surface area is 210 Å². The molecule has 2 aromatic carbocycles. The van der Waals surface area contributed by atoms with Gasteiger partial charge in [-0.1, -0.05) is 86.8 Å². The molecule has 5 rings (SSSR count). The van der Waals surface area contributed by atoms with Crippen LogP contribution in [0.15, 0.2) is 60.7 Å². The topological polar surface area (TPSA) is 64.2 Å². The van der Waals surface area contributed by atoms with Gasteiger partial charge in [0.1, 0.15) is 11.9 Å². The van der Waals surface area contributed by atoms with Crippen LogP contribution in [0, 0.1) is 0 Å². The molecule has 2 atom stereocenters. The van der Waals surface area contributed by atoms with Crippen molar-refractivity contribution in [1.29, 1.82) is 0 Å². The van der Waals surface area contributed by atoms with Crippen molar-refractivity contribution < 1.29 is 5.11 Å². The normalized spacial score (nSPS) is 19.6. The SMILES string of the molecule is CCc1[nH]c(C2CCCCC2)nc1C(O)C(C(c1ccccc1)c1ccccc1)N1CCNCC1. The molecule has 1 aromatic heterocycles. The third kappa shape index (κ3) is 5.37. The Morgan fingerprint density at radius 1 is 0.914 bits per heavy atom. The van der Waals surface area contributed by atoms with Crippen molar-refractivity contribution in [3.05, 3.63) is 89.0 Å². The maximum Gasteiger partial charge on any atom is 0.114 e. The van der Waals surface area contributed by atoms with E-state index in [2.05, 4.69) is 82.8 Å². The Hall–Kier alpha value is -2.47. The zero-order valence-corrected chi connectivity index (χ0v) is 21.0. The summed E-state index contributed by atoms with van der Waals surface area (Å²) in [5.74, 6) is 1.63. The van der Waals surface area contributed by atoms with Crippen molar-refractivity contribution in [2.75, 3.05) is 26.2 Å². The first-order valence-corrected chi connectivity index (χ1v) is 13.6. The number of aromatic nitrogens is 2. The minimum absolute atomic E-state index is 0.0463. The van der Waals surface area contributed by atoms with Crippen LogP contribution in [0.4, 0.5) is 0 Å². The van der Waals surface area contributed by atoms with Crippen LogP contribution < -0.4 is 5.32 Å². The fourth-order valence-electron chi connectivity index (χ4n) is 6.17. The van der Waals surface area contributed by atoms with Gasteiger partial charge in [0.05, 0.1) is 11.7 Å². The standard InChI is InChI=1S/C30H40N4O/c1-2-25-27(33-30(32-25)24-16-10-5-11-17-24)29(35)28(34-20-18-31-19-21-34)26(22-12-6-3-7-13-22)23-14-8-4-9-15-23/h3-4,6-9,12-15,24,26,28-29,31,35H,2,5,10-11,16-21H2,1H3,(H,32,33). The van der Waals surface area contributed by atoms with E-state index < -0.39 is 6.10 Å². The van der Waals surface area contributed by atoms with Crippen molar-refractivity contribution in [3.63, 3.8) is 0 Å². The van der Waals surface area contributed by atoms with Gasteiger partial charge in [-0.3, -0.25) is 4.90 Å². The Balaban J connectivity index is 1.58. The van der Waals surface area contributed by atoms with Gasteiger partial charge in [-0.15, -0.1) is 0 Å². The fraction of sp³-hybridized carbons (Fsp3) is 0.500. The van der Waals surface area contributed by atoms with E-state index in [-0.39, 0.29) is 12.0 Å². The number of benzene rings is 2. The molecule has 0 bridgehead atoms. The van der Waals surface area contributed by atoms with Crippen LogP contribution in [-0.4, -0.2) is 52.2 Å². The molecule has 35 heavy (non-hydrogen) atoms. The maximum absolute atomic E-state index is 12.2. The number of aromatic amines is 1. The Morgan fingerprint density at radius 2 is 1.51 bits per heavy atom. The molecule has 1 aliphatic carbocycles. The molecule has 2 unspecified atom stereocenters. The first-order chi connectivity index (χ1) is 17.3. The Kier molecular flexibility index (Phi) is 7.97. The molecule has 0 spiro atoms. The van der Waals surface area contributed by atoms with Gasteiger partial charge in [0.25, 0.3) is 0 Å². The van der Waals surface area contributed by atoms with E-state index in [0.29, 0.717) is 5.92 Å². The van der Waals surface area contributed by atoms with E-state index in [1.807, 2.05) is 0 Å². The molecule has 2 aliphatic rings. The summed E-state index contributed by atoms with van der Waals surface area (Å²) in [7, 11) is 0. The molecule has 0 amide bonds. The van der Waals surface area contributed by atoms with Crippen LogP contribution in [0.25, 0.3) is 0 Å². The lowest BCUT2D eigenvalue weighted by atomic mass is 9.80. The summed E-state index contributed by atoms with van der Waals surface area (Å²) >= 11 is 0. The number of hydrogen-bond donors (Lipinski definition) is 3. The second-order valence-corrected chi connectivity index (χ2v) is 10.2. The molecule has 186 valence electrons. The monoisotopic (exact) mass is 472 g/mol. The van der Waals surface area contributed by atoms with Crippen LogP contribution in [-0.2, 0) is 6.42 Å². The first-order valence-electron chi connectivity index (χ1n) is 13.6. The van der Waals surface area contributed by atoms with E-state index >= 15 is 0 Å². The molecule has 3 N–H and O–H groups in total. The van der Waals surface area contributed by atoms with Gasteiger partial charge in [0.2, 0.25) is 0 Å². The van der Waals surface area contributed by atoms with Crippen LogP contribution in [0.3, 0.4) is 0 Å². The van der Waals surface area contributed by atoms with Crippen LogP contribution in [0.2, 0.25) is 0 Å². The quantitative estimate of drug-likeness (QED) is 0.424. The summed E-state index contributed by atoms with van der Waals surface area (Å²) in [4.78, 5) is 11.3. The third-order valence-electron chi connectivity index (χ3n) is 8.01. The molecule has 1 aliphatic heterocycles. The average Bonchev–Trinajstić information content (AvgIpc) is 3.38. The molecule has 2 fully saturated rings. The lowest BCUT2D eigenvalue weighted by Gasteiger charge is -2.42. The van der Waals surface area contributed by atoms with E-state index in [1.165, 1.54) is 43.2 Å². The second kappa shape index (κ2) is 11.5. The maximum atomic E-state index is 12.2. The van der Waals surface area contributed by atoms with E-state index in [9.17, 15) is 5.11 Å². The predicted molar refractivity (Wildman–Crippen MR) is 142 cm³/mol. The number of nitrogens with one attached hydrogen (secondary N) is 2. The Morgan fingerprint density at radius 3 is 2.09 bits per heavy atom. The highest BCUT2D eigenvalue weighted by Crippen LogP contribution is 2.39. The number of piperazine rings is 1. The Bertz CT molecular complexity index is 999. The molecular formula is C30H40N4O. The summed E-state index contributed by atoms with van der Waals surface area (Å²) in [6.07, 6.45) is 6.45. The number of rotatable bonds is 8. The van der Waals surface area contributed by atoms with Gasteiger partial charge in [0.15, 0.2) is 0 Å². The van der Waals surface area contributed by atoms with Crippen LogP contribution in [0.5, 0.6) is 0 Å². The number of aliphatic hydroxyl groups excluding tert-OH is 1. The number of aryl methyl sites for hydroxylation is 1. The molecule has 0 radical (unpaired) electrons. The highest BCUT2D eigenvalue weighted by molar-refractivity contribution is 5.36. The highest BCUT2D eigenvalue weighted by Gasteiger charge is 2.39. The second-order valence-electron chi connectivity index (χ2n) is 10.2. The van der Waals surface area contributed by atoms with Crippen molar-refractivity contribution in [1.82, 2.24) is 20.2 Å². The summed E-state index contributed by atoms with van der Waals surface area (Å²) in [6.45, 7) is 5.88. The largest absolute Gasteiger partial charge is 0.385 e. The number of nitrogens with zero attached hydrogens (tertiary/aromatic N) is 2. The summed E-state index contributed by atoms with van der Waals surface area (Å²) in [5.41, 5.74) is 4.43. The zero-order chi connectivity index (χ0) is 24.0. The molecule has 2 heterocycles. The van der Waals surface area contributed by atoms with Crippen molar-refractivity contribution >= 4 is 0 Å². The highest BCUT2D eigenvalue weighted by atomic mass is 16.3. The smallest absolute Gasteiger partial charge is 0.114 e. The van der Waals surface area contributed by atoms with Crippen molar-refractivity contribution in [2.45, 2.75) is 69.4 Å². The summed E-state index contributed by atoms with van der Waals surface area (Å²) in [6, 6.07) is 21.3. The van der Waals surface area contributed by atoms with Gasteiger partial charge < -0.3 is 15.4 Å². The molecule has 5 nitrogen and oxygen atoms in total. The third-order valence-corrected chi connectivity index (χ3v) is 8.01. The zero-order valence-electron chi connectivity index (χ0n) is 21.0. The molecule has 5 heteroatoms. The lowest BCUT2D eigenvalue weighted by molar-refractivity contribution is 0.0293. The van der Waals surface area contributed by atoms with Crippen molar-refractivity contribution in [3.8, 4) is 0 Å². The van der Waals surface area contributed by atoms with Gasteiger partial charge in [-0.25, -0.2) is 4.98 Å². The van der Waals surface area contributed by atoms with Gasteiger partial charge in [0, 0.05) is 43.7 Å².